The molecule has 93 valence electrons. The first kappa shape index (κ1) is 14.4. The van der Waals surface area contributed by atoms with Crippen LogP contribution < -0.4 is 0 Å². The van der Waals surface area contributed by atoms with E-state index in [9.17, 15) is 0 Å². The van der Waals surface area contributed by atoms with Crippen molar-refractivity contribution >= 4 is 5.90 Å². The summed E-state index contributed by atoms with van der Waals surface area (Å²) in [4.78, 5) is 4.64. The molecule has 3 heteroatoms. The van der Waals surface area contributed by atoms with E-state index >= 15 is 0 Å². The third-order valence-corrected chi connectivity index (χ3v) is 3.08. The monoisotopic (exact) mass is 325 g/mol. The molecule has 0 spiro atoms. The van der Waals surface area contributed by atoms with E-state index < -0.39 is 0 Å². The molecule has 2 nitrogen and oxygen atoms in total. The molecule has 1 heterocycles. The van der Waals surface area contributed by atoms with Crippen LogP contribution in [0.15, 0.2) is 53.5 Å². The van der Waals surface area contributed by atoms with Crippen LogP contribution in [0.2, 0.25) is 0 Å². The molecule has 3 rings (SSSR count). The molecule has 0 aromatic heterocycles. The van der Waals surface area contributed by atoms with Gasteiger partial charge in [-0.15, -0.1) is 0 Å². The molecule has 1 unspecified atom stereocenters. The quantitative estimate of drug-likeness (QED) is 0.777. The number of aryl methyl sites for hydroxylation is 1. The fourth-order valence-electron chi connectivity index (χ4n) is 2.02. The van der Waals surface area contributed by atoms with Crippen LogP contribution in [0.1, 0.15) is 22.7 Å². The Morgan fingerprint density at radius 2 is 1.79 bits per heavy atom. The number of hydrogen-bond donors (Lipinski definition) is 0. The van der Waals surface area contributed by atoms with Crippen LogP contribution in [-0.2, 0) is 37.4 Å². The van der Waals surface area contributed by atoms with Crippen LogP contribution >= 0.6 is 0 Å². The van der Waals surface area contributed by atoms with Crippen LogP contribution in [0.3, 0.4) is 0 Å². The van der Waals surface area contributed by atoms with Crippen molar-refractivity contribution in [1.29, 1.82) is 0 Å². The van der Waals surface area contributed by atoms with E-state index in [-0.39, 0.29) is 38.8 Å². The van der Waals surface area contributed by atoms with E-state index in [1.54, 1.807) is 0 Å². The molecule has 0 N–H and O–H groups in total. The van der Waals surface area contributed by atoms with Gasteiger partial charge < -0.3 is 4.74 Å². The van der Waals surface area contributed by atoms with E-state index in [1.165, 1.54) is 11.1 Å². The Balaban J connectivity index is 0.00000133. The molecule has 1 atom stereocenters. The zero-order valence-electron chi connectivity index (χ0n) is 10.8. The van der Waals surface area contributed by atoms with Crippen molar-refractivity contribution < 1.29 is 37.4 Å². The fourth-order valence-corrected chi connectivity index (χ4v) is 2.02. The van der Waals surface area contributed by atoms with Crippen molar-refractivity contribution in [1.82, 2.24) is 0 Å². The third kappa shape index (κ3) is 3.31. The molecule has 2 aromatic carbocycles. The van der Waals surface area contributed by atoms with Crippen molar-refractivity contribution in [2.45, 2.75) is 13.0 Å². The maximum Gasteiger partial charge on any atom is 0.191 e. The molecule has 0 amide bonds. The van der Waals surface area contributed by atoms with Crippen LogP contribution in [0.25, 0.3) is 0 Å². The summed E-state index contributed by atoms with van der Waals surface area (Å²) < 4.78 is 5.67. The average molecular weight is 325 g/mol. The van der Waals surface area contributed by atoms with Gasteiger partial charge in [0.05, 0.1) is 0 Å². The van der Waals surface area contributed by atoms with Crippen molar-refractivity contribution in [3.8, 4) is 0 Å². The summed E-state index contributed by atoms with van der Waals surface area (Å²) in [7, 11) is 0. The summed E-state index contributed by atoms with van der Waals surface area (Å²) >= 11 is 0. The summed E-state index contributed by atoms with van der Waals surface area (Å²) in [6.45, 7) is 2.71. The van der Waals surface area contributed by atoms with Gasteiger partial charge in [0, 0.05) is 32.7 Å². The molecule has 1 radical (unpaired) electrons. The first-order chi connectivity index (χ1) is 8.83. The van der Waals surface area contributed by atoms with E-state index in [0.717, 1.165) is 11.5 Å². The van der Waals surface area contributed by atoms with E-state index in [1.807, 2.05) is 24.3 Å². The molecule has 0 saturated carbocycles. The van der Waals surface area contributed by atoms with Crippen LogP contribution in [0.5, 0.6) is 0 Å². The molecule has 0 bridgehead atoms. The topological polar surface area (TPSA) is 21.6 Å². The van der Waals surface area contributed by atoms with Gasteiger partial charge in [-0.2, -0.15) is 30.3 Å². The standard InChI is InChI=1S/C16H14NO.Y/c1-12-7-9-13(10-8-12)15-11-18-16(17-15)14-5-3-2-4-6-14;/h3-10,15H,11H2,1H3;/q-1;. The summed E-state index contributed by atoms with van der Waals surface area (Å²) in [5.41, 5.74) is 3.49. The van der Waals surface area contributed by atoms with Gasteiger partial charge in [0.2, 0.25) is 0 Å². The summed E-state index contributed by atoms with van der Waals surface area (Å²) in [5.74, 6) is 0.731. The van der Waals surface area contributed by atoms with Gasteiger partial charge in [-0.3, -0.25) is 0 Å². The number of rotatable bonds is 2. The number of nitrogens with zero attached hydrogens (tertiary/aromatic N) is 1. The van der Waals surface area contributed by atoms with Crippen molar-refractivity contribution in [2.24, 2.45) is 4.99 Å². The molecule has 0 saturated heterocycles. The second kappa shape index (κ2) is 6.45. The molecule has 1 aliphatic rings. The van der Waals surface area contributed by atoms with Gasteiger partial charge in [0.15, 0.2) is 5.90 Å². The Labute approximate surface area is 138 Å². The van der Waals surface area contributed by atoms with Crippen LogP contribution in [-0.4, -0.2) is 12.5 Å². The second-order valence-electron chi connectivity index (χ2n) is 4.46. The Kier molecular flexibility index (Phi) is 4.89. The molecule has 0 fully saturated rings. The second-order valence-corrected chi connectivity index (χ2v) is 4.46. The normalized spacial score (nSPS) is 17.3. The molecule has 0 aliphatic carbocycles. The van der Waals surface area contributed by atoms with E-state index in [4.69, 9.17) is 4.74 Å². The van der Waals surface area contributed by atoms with Gasteiger partial charge in [0.1, 0.15) is 12.6 Å². The maximum atomic E-state index is 5.67. The number of aliphatic imine (C=N–C) groups is 1. The van der Waals surface area contributed by atoms with E-state index in [0.29, 0.717) is 6.61 Å². The average Bonchev–Trinajstić information content (AvgIpc) is 2.90. The zero-order chi connectivity index (χ0) is 12.4. The third-order valence-electron chi connectivity index (χ3n) is 3.08. The first-order valence-corrected chi connectivity index (χ1v) is 6.06. The summed E-state index contributed by atoms with van der Waals surface area (Å²) in [6.07, 6.45) is 0. The summed E-state index contributed by atoms with van der Waals surface area (Å²) in [5, 5.41) is 0. The molecule has 19 heavy (non-hydrogen) atoms. The predicted octanol–water partition coefficient (Wildman–Crippen LogP) is 3.31. The SMILES string of the molecule is Cc1ccc(C2COC(c3cc[c-]cc3)=N2)cc1.[Y]. The van der Waals surface area contributed by atoms with E-state index in [2.05, 4.69) is 42.2 Å². The predicted molar refractivity (Wildman–Crippen MR) is 71.7 cm³/mol. The van der Waals surface area contributed by atoms with Gasteiger partial charge >= 0.3 is 0 Å². The minimum atomic E-state index is 0. The van der Waals surface area contributed by atoms with Crippen molar-refractivity contribution in [3.05, 3.63) is 71.3 Å². The Morgan fingerprint density at radius 3 is 2.47 bits per heavy atom. The van der Waals surface area contributed by atoms with Crippen LogP contribution in [0, 0.1) is 13.0 Å². The molecular formula is C16H14NOY-. The van der Waals surface area contributed by atoms with Gasteiger partial charge in [-0.05, 0) is 12.5 Å². The molecule has 1 aliphatic heterocycles. The van der Waals surface area contributed by atoms with Gasteiger partial charge in [-0.1, -0.05) is 35.4 Å². The zero-order valence-corrected chi connectivity index (χ0v) is 13.7. The Bertz CT molecular complexity index is 563. The Morgan fingerprint density at radius 1 is 1.11 bits per heavy atom. The van der Waals surface area contributed by atoms with Crippen molar-refractivity contribution in [2.75, 3.05) is 6.61 Å². The number of benzene rings is 2. The smallest absolute Gasteiger partial charge is 0.191 e. The first-order valence-electron chi connectivity index (χ1n) is 6.06. The Hall–Kier alpha value is -0.986. The van der Waals surface area contributed by atoms with Gasteiger partial charge in [-0.25, -0.2) is 4.99 Å². The molecular weight excluding hydrogens is 311 g/mol. The van der Waals surface area contributed by atoms with Gasteiger partial charge in [0.25, 0.3) is 0 Å². The van der Waals surface area contributed by atoms with Crippen molar-refractivity contribution in [3.63, 3.8) is 0 Å². The minimum absolute atomic E-state index is 0. The summed E-state index contributed by atoms with van der Waals surface area (Å²) in [6, 6.07) is 19.3. The fraction of sp³-hybridized carbons (Fsp3) is 0.188. The minimum Gasteiger partial charge on any atom is -0.476 e. The molecule has 2 aromatic rings. The maximum absolute atomic E-state index is 5.67. The largest absolute Gasteiger partial charge is 0.476 e. The number of hydrogen-bond acceptors (Lipinski definition) is 2. The van der Waals surface area contributed by atoms with Crippen LogP contribution in [0.4, 0.5) is 0 Å². The number of ether oxygens (including phenoxy) is 1.